The molecule has 2 unspecified atom stereocenters. The van der Waals surface area contributed by atoms with Crippen molar-refractivity contribution < 1.29 is 9.90 Å². The van der Waals surface area contributed by atoms with E-state index >= 15 is 0 Å². The second-order valence-electron chi connectivity index (χ2n) is 6.15. The van der Waals surface area contributed by atoms with Gasteiger partial charge in [-0.1, -0.05) is 26.8 Å². The predicted octanol–water partition coefficient (Wildman–Crippen LogP) is 2.91. The van der Waals surface area contributed by atoms with Crippen LogP contribution in [0.25, 0.3) is 0 Å². The lowest BCUT2D eigenvalue weighted by Gasteiger charge is -2.50. The molecule has 1 aromatic rings. The fraction of sp³-hybridized carbons (Fsp3) is 0.562. The van der Waals surface area contributed by atoms with Crippen molar-refractivity contribution in [2.24, 2.45) is 5.41 Å². The average Bonchev–Trinajstić information content (AvgIpc) is 2.42. The predicted molar refractivity (Wildman–Crippen MR) is 81.9 cm³/mol. The number of hydrogen-bond acceptors (Lipinski definition) is 3. The summed E-state index contributed by atoms with van der Waals surface area (Å²) >= 11 is 0. The van der Waals surface area contributed by atoms with E-state index in [2.05, 4.69) is 24.5 Å². The minimum absolute atomic E-state index is 0.0182. The van der Waals surface area contributed by atoms with Crippen molar-refractivity contribution >= 4 is 17.3 Å². The molecule has 1 aromatic carbocycles. The Balaban J connectivity index is 2.13. The monoisotopic (exact) mass is 276 g/mol. The van der Waals surface area contributed by atoms with Crippen molar-refractivity contribution in [2.45, 2.75) is 52.7 Å². The fourth-order valence-electron chi connectivity index (χ4n) is 2.50. The van der Waals surface area contributed by atoms with Crippen molar-refractivity contribution in [2.75, 3.05) is 10.6 Å². The molecule has 1 aliphatic carbocycles. The van der Waals surface area contributed by atoms with Crippen molar-refractivity contribution in [3.63, 3.8) is 0 Å². The van der Waals surface area contributed by atoms with Crippen LogP contribution in [-0.4, -0.2) is 23.2 Å². The van der Waals surface area contributed by atoms with E-state index in [1.807, 2.05) is 32.0 Å². The molecule has 0 aromatic heterocycles. The maximum absolute atomic E-state index is 11.5. The maximum atomic E-state index is 11.5. The zero-order valence-electron chi connectivity index (χ0n) is 12.7. The van der Waals surface area contributed by atoms with Crippen LogP contribution >= 0.6 is 0 Å². The van der Waals surface area contributed by atoms with Gasteiger partial charge in [0.1, 0.15) is 0 Å². The SMILES string of the molecule is CCC(=O)Nc1cccc(NC2CC(O)C2(C)C)c1C. The van der Waals surface area contributed by atoms with E-state index in [1.165, 1.54) is 0 Å². The summed E-state index contributed by atoms with van der Waals surface area (Å²) in [5, 5.41) is 16.2. The molecule has 0 aliphatic heterocycles. The fourth-order valence-corrected chi connectivity index (χ4v) is 2.50. The molecular formula is C16H24N2O2. The first-order valence-electron chi connectivity index (χ1n) is 7.20. The molecular weight excluding hydrogens is 252 g/mol. The largest absolute Gasteiger partial charge is 0.392 e. The Bertz CT molecular complexity index is 511. The summed E-state index contributed by atoms with van der Waals surface area (Å²) in [6.45, 7) is 7.97. The van der Waals surface area contributed by atoms with Gasteiger partial charge in [-0.2, -0.15) is 0 Å². The van der Waals surface area contributed by atoms with Crippen LogP contribution in [0.4, 0.5) is 11.4 Å². The van der Waals surface area contributed by atoms with Crippen LogP contribution in [0.2, 0.25) is 0 Å². The molecule has 0 saturated heterocycles. The topological polar surface area (TPSA) is 61.4 Å². The first-order chi connectivity index (χ1) is 9.36. The summed E-state index contributed by atoms with van der Waals surface area (Å²) in [6.07, 6.45) is 0.986. The van der Waals surface area contributed by atoms with Crippen LogP contribution in [0, 0.1) is 12.3 Å². The van der Waals surface area contributed by atoms with Crippen molar-refractivity contribution in [1.29, 1.82) is 0 Å². The van der Waals surface area contributed by atoms with Crippen LogP contribution in [-0.2, 0) is 4.79 Å². The van der Waals surface area contributed by atoms with Gasteiger partial charge in [-0.25, -0.2) is 0 Å². The van der Waals surface area contributed by atoms with Gasteiger partial charge in [-0.3, -0.25) is 4.79 Å². The summed E-state index contributed by atoms with van der Waals surface area (Å²) in [4.78, 5) is 11.5. The molecule has 0 spiro atoms. The normalized spacial score (nSPS) is 23.9. The Kier molecular flexibility index (Phi) is 4.04. The smallest absolute Gasteiger partial charge is 0.224 e. The van der Waals surface area contributed by atoms with Crippen molar-refractivity contribution in [3.05, 3.63) is 23.8 Å². The number of aliphatic hydroxyl groups excluding tert-OH is 1. The van der Waals surface area contributed by atoms with E-state index in [4.69, 9.17) is 0 Å². The van der Waals surface area contributed by atoms with E-state index in [0.717, 1.165) is 23.4 Å². The standard InChI is InChI=1S/C16H24N2O2/c1-5-15(20)18-12-8-6-7-11(10(12)2)17-13-9-14(19)16(13,3)4/h6-8,13-14,17,19H,5,9H2,1-4H3,(H,18,20). The third kappa shape index (κ3) is 2.66. The Hall–Kier alpha value is -1.55. The van der Waals surface area contributed by atoms with E-state index in [1.54, 1.807) is 0 Å². The van der Waals surface area contributed by atoms with Gasteiger partial charge in [0, 0.05) is 29.3 Å². The van der Waals surface area contributed by atoms with E-state index < -0.39 is 0 Å². The number of hydrogen-bond donors (Lipinski definition) is 3. The lowest BCUT2D eigenvalue weighted by molar-refractivity contribution is -0.115. The van der Waals surface area contributed by atoms with Crippen LogP contribution < -0.4 is 10.6 Å². The zero-order valence-corrected chi connectivity index (χ0v) is 12.7. The second kappa shape index (κ2) is 5.44. The molecule has 20 heavy (non-hydrogen) atoms. The van der Waals surface area contributed by atoms with Gasteiger partial charge < -0.3 is 15.7 Å². The number of rotatable bonds is 4. The van der Waals surface area contributed by atoms with Gasteiger partial charge in [-0.05, 0) is 31.0 Å². The Morgan fingerprint density at radius 1 is 1.40 bits per heavy atom. The molecule has 0 radical (unpaired) electrons. The highest BCUT2D eigenvalue weighted by Crippen LogP contribution is 2.42. The second-order valence-corrected chi connectivity index (χ2v) is 6.15. The van der Waals surface area contributed by atoms with Gasteiger partial charge >= 0.3 is 0 Å². The quantitative estimate of drug-likeness (QED) is 0.792. The molecule has 1 saturated carbocycles. The van der Waals surface area contributed by atoms with Crippen LogP contribution in [0.5, 0.6) is 0 Å². The molecule has 1 aliphatic rings. The Morgan fingerprint density at radius 2 is 2.05 bits per heavy atom. The first-order valence-corrected chi connectivity index (χ1v) is 7.20. The molecule has 1 amide bonds. The molecule has 1 fully saturated rings. The average molecular weight is 276 g/mol. The number of nitrogens with one attached hydrogen (secondary N) is 2. The number of anilines is 2. The van der Waals surface area contributed by atoms with Crippen molar-refractivity contribution in [3.8, 4) is 0 Å². The molecule has 110 valence electrons. The summed E-state index contributed by atoms with van der Waals surface area (Å²) in [5.41, 5.74) is 2.78. The Labute approximate surface area is 120 Å². The molecule has 3 N–H and O–H groups in total. The molecule has 2 atom stereocenters. The maximum Gasteiger partial charge on any atom is 0.224 e. The van der Waals surface area contributed by atoms with Crippen molar-refractivity contribution in [1.82, 2.24) is 0 Å². The minimum atomic E-state index is -0.247. The van der Waals surface area contributed by atoms with Crippen LogP contribution in [0.15, 0.2) is 18.2 Å². The Morgan fingerprint density at radius 3 is 2.60 bits per heavy atom. The summed E-state index contributed by atoms with van der Waals surface area (Å²) in [7, 11) is 0. The zero-order chi connectivity index (χ0) is 14.9. The lowest BCUT2D eigenvalue weighted by Crippen LogP contribution is -2.56. The summed E-state index contributed by atoms with van der Waals surface area (Å²) in [6, 6.07) is 6.11. The number of aliphatic hydroxyl groups is 1. The minimum Gasteiger partial charge on any atom is -0.392 e. The number of carbonyl (C=O) groups excluding carboxylic acids is 1. The highest BCUT2D eigenvalue weighted by atomic mass is 16.3. The summed E-state index contributed by atoms with van der Waals surface area (Å²) < 4.78 is 0. The molecule has 4 heteroatoms. The van der Waals surface area contributed by atoms with Gasteiger partial charge in [0.25, 0.3) is 0 Å². The third-order valence-electron chi connectivity index (χ3n) is 4.47. The molecule has 0 bridgehead atoms. The molecule has 0 heterocycles. The van der Waals surface area contributed by atoms with E-state index in [-0.39, 0.29) is 23.5 Å². The highest BCUT2D eigenvalue weighted by Gasteiger charge is 2.47. The van der Waals surface area contributed by atoms with Gasteiger partial charge in [0.15, 0.2) is 0 Å². The number of amides is 1. The highest BCUT2D eigenvalue weighted by molar-refractivity contribution is 5.92. The molecule has 2 rings (SSSR count). The number of benzene rings is 1. The first kappa shape index (κ1) is 14.9. The van der Waals surface area contributed by atoms with Crippen LogP contribution in [0.3, 0.4) is 0 Å². The van der Waals surface area contributed by atoms with Gasteiger partial charge in [0.2, 0.25) is 5.91 Å². The third-order valence-corrected chi connectivity index (χ3v) is 4.47. The van der Waals surface area contributed by atoms with E-state index in [9.17, 15) is 9.90 Å². The number of carbonyl (C=O) groups is 1. The van der Waals surface area contributed by atoms with Gasteiger partial charge in [-0.15, -0.1) is 0 Å². The lowest BCUT2D eigenvalue weighted by atomic mass is 9.64. The van der Waals surface area contributed by atoms with E-state index in [0.29, 0.717) is 6.42 Å². The summed E-state index contributed by atoms with van der Waals surface area (Å²) in [5.74, 6) is 0.0182. The molecule has 4 nitrogen and oxygen atoms in total. The van der Waals surface area contributed by atoms with Gasteiger partial charge in [0.05, 0.1) is 6.10 Å². The van der Waals surface area contributed by atoms with Crippen LogP contribution in [0.1, 0.15) is 39.2 Å².